The van der Waals surface area contributed by atoms with Gasteiger partial charge < -0.3 is 5.32 Å². The molecule has 25 heavy (non-hydrogen) atoms. The summed E-state index contributed by atoms with van der Waals surface area (Å²) in [7, 11) is 1.65. The van der Waals surface area contributed by atoms with Crippen molar-refractivity contribution in [1.82, 2.24) is 9.55 Å². The number of anilines is 1. The van der Waals surface area contributed by atoms with E-state index in [0.717, 1.165) is 5.56 Å². The molecule has 0 fully saturated rings. The van der Waals surface area contributed by atoms with Gasteiger partial charge in [0.25, 0.3) is 5.56 Å². The minimum absolute atomic E-state index is 0.128. The predicted octanol–water partition coefficient (Wildman–Crippen LogP) is 3.63. The van der Waals surface area contributed by atoms with Crippen molar-refractivity contribution in [2.45, 2.75) is 12.1 Å². The first-order valence-corrected chi connectivity index (χ1v) is 8.96. The fraction of sp³-hybridized carbons (Fsp3) is 0.167. The Morgan fingerprint density at radius 3 is 2.80 bits per heavy atom. The molecule has 5 nitrogen and oxygen atoms in total. The maximum Gasteiger partial charge on any atom is 0.261 e. The van der Waals surface area contributed by atoms with Gasteiger partial charge in [0, 0.05) is 7.05 Å². The van der Waals surface area contributed by atoms with E-state index in [1.165, 1.54) is 16.3 Å². The lowest BCUT2D eigenvalue weighted by molar-refractivity contribution is -0.113. The number of benzene rings is 2. The van der Waals surface area contributed by atoms with E-state index < -0.39 is 0 Å². The average Bonchev–Trinajstić information content (AvgIpc) is 2.59. The normalized spacial score (nSPS) is 10.8. The second-order valence-corrected chi connectivity index (χ2v) is 6.95. The molecule has 0 aliphatic rings. The molecule has 0 atom stereocenters. The fourth-order valence-electron chi connectivity index (χ4n) is 2.36. The average molecular weight is 374 g/mol. The van der Waals surface area contributed by atoms with E-state index in [4.69, 9.17) is 11.6 Å². The van der Waals surface area contributed by atoms with Crippen LogP contribution in [-0.2, 0) is 11.8 Å². The summed E-state index contributed by atoms with van der Waals surface area (Å²) >= 11 is 7.33. The van der Waals surface area contributed by atoms with Gasteiger partial charge in [-0.1, -0.05) is 41.6 Å². The molecule has 1 N–H and O–H groups in total. The van der Waals surface area contributed by atoms with Gasteiger partial charge in [-0.3, -0.25) is 14.2 Å². The second kappa shape index (κ2) is 7.29. The maximum absolute atomic E-state index is 12.4. The molecule has 3 aromatic rings. The molecule has 0 radical (unpaired) electrons. The zero-order valence-electron chi connectivity index (χ0n) is 13.7. The number of thioether (sulfide) groups is 1. The molecule has 7 heteroatoms. The van der Waals surface area contributed by atoms with Gasteiger partial charge in [-0.05, 0) is 36.8 Å². The maximum atomic E-state index is 12.4. The molecule has 1 amide bonds. The molecule has 0 aliphatic carbocycles. The SMILES string of the molecule is Cc1ccc(NC(=O)CSc2nc3ccccc3c(=O)n2C)c(Cl)c1. The molecular formula is C18H16ClN3O2S. The Kier molecular flexibility index (Phi) is 5.11. The van der Waals surface area contributed by atoms with Gasteiger partial charge in [-0.25, -0.2) is 4.98 Å². The summed E-state index contributed by atoms with van der Waals surface area (Å²) in [5.74, 6) is -0.0822. The Morgan fingerprint density at radius 2 is 2.04 bits per heavy atom. The fourth-order valence-corrected chi connectivity index (χ4v) is 3.42. The summed E-state index contributed by atoms with van der Waals surface area (Å²) in [4.78, 5) is 29.0. The number of para-hydroxylation sites is 1. The number of rotatable bonds is 4. The molecule has 0 aliphatic heterocycles. The molecule has 128 valence electrons. The van der Waals surface area contributed by atoms with Crippen molar-refractivity contribution >= 4 is 45.9 Å². The van der Waals surface area contributed by atoms with Crippen LogP contribution < -0.4 is 10.9 Å². The Labute approximate surface area is 154 Å². The van der Waals surface area contributed by atoms with Crippen LogP contribution in [0.5, 0.6) is 0 Å². The van der Waals surface area contributed by atoms with Crippen LogP contribution in [0.25, 0.3) is 10.9 Å². The quantitative estimate of drug-likeness (QED) is 0.560. The first kappa shape index (κ1) is 17.5. The van der Waals surface area contributed by atoms with Gasteiger partial charge in [-0.15, -0.1) is 0 Å². The number of amides is 1. The monoisotopic (exact) mass is 373 g/mol. The lowest BCUT2D eigenvalue weighted by Gasteiger charge is -2.10. The van der Waals surface area contributed by atoms with Crippen LogP contribution in [0.3, 0.4) is 0 Å². The Hall–Kier alpha value is -2.31. The third kappa shape index (κ3) is 3.86. The van der Waals surface area contributed by atoms with E-state index in [1.807, 2.05) is 19.1 Å². The minimum Gasteiger partial charge on any atom is -0.324 e. The van der Waals surface area contributed by atoms with E-state index >= 15 is 0 Å². The number of fused-ring (bicyclic) bond motifs is 1. The number of aryl methyl sites for hydroxylation is 1. The number of hydrogen-bond acceptors (Lipinski definition) is 4. The van der Waals surface area contributed by atoms with E-state index in [9.17, 15) is 9.59 Å². The van der Waals surface area contributed by atoms with Crippen molar-refractivity contribution in [2.75, 3.05) is 11.1 Å². The Balaban J connectivity index is 1.75. The molecule has 0 saturated carbocycles. The molecule has 2 aromatic carbocycles. The van der Waals surface area contributed by atoms with E-state index in [1.54, 1.807) is 37.4 Å². The van der Waals surface area contributed by atoms with Crippen LogP contribution in [-0.4, -0.2) is 21.2 Å². The van der Waals surface area contributed by atoms with Crippen molar-refractivity contribution < 1.29 is 4.79 Å². The van der Waals surface area contributed by atoms with E-state index in [-0.39, 0.29) is 17.2 Å². The van der Waals surface area contributed by atoms with Crippen molar-refractivity contribution in [3.05, 3.63) is 63.4 Å². The zero-order valence-corrected chi connectivity index (χ0v) is 15.3. The molecular weight excluding hydrogens is 358 g/mol. The van der Waals surface area contributed by atoms with Crippen molar-refractivity contribution in [2.24, 2.45) is 7.05 Å². The number of nitrogens with zero attached hydrogens (tertiary/aromatic N) is 2. The van der Waals surface area contributed by atoms with Crippen LogP contribution in [0.4, 0.5) is 5.69 Å². The highest BCUT2D eigenvalue weighted by Gasteiger charge is 2.11. The summed E-state index contributed by atoms with van der Waals surface area (Å²) in [6.45, 7) is 1.93. The van der Waals surface area contributed by atoms with Gasteiger partial charge in [0.15, 0.2) is 5.16 Å². The summed E-state index contributed by atoms with van der Waals surface area (Å²) < 4.78 is 1.46. The van der Waals surface area contributed by atoms with Gasteiger partial charge >= 0.3 is 0 Å². The number of halogens is 1. The number of carbonyl (C=O) groups excluding carboxylic acids is 1. The largest absolute Gasteiger partial charge is 0.324 e. The summed E-state index contributed by atoms with van der Waals surface area (Å²) in [5, 5.41) is 4.32. The number of aromatic nitrogens is 2. The first-order valence-electron chi connectivity index (χ1n) is 7.60. The highest BCUT2D eigenvalue weighted by molar-refractivity contribution is 7.99. The first-order chi connectivity index (χ1) is 12.0. The molecule has 1 heterocycles. The molecule has 3 rings (SSSR count). The van der Waals surface area contributed by atoms with E-state index in [0.29, 0.717) is 26.8 Å². The van der Waals surface area contributed by atoms with Crippen molar-refractivity contribution in [3.63, 3.8) is 0 Å². The van der Waals surface area contributed by atoms with Crippen LogP contribution in [0.1, 0.15) is 5.56 Å². The third-order valence-electron chi connectivity index (χ3n) is 3.67. The number of carbonyl (C=O) groups is 1. The molecule has 0 spiro atoms. The van der Waals surface area contributed by atoms with Crippen LogP contribution >= 0.6 is 23.4 Å². The van der Waals surface area contributed by atoms with Crippen LogP contribution in [0, 0.1) is 6.92 Å². The Morgan fingerprint density at radius 1 is 1.28 bits per heavy atom. The highest BCUT2D eigenvalue weighted by atomic mass is 35.5. The highest BCUT2D eigenvalue weighted by Crippen LogP contribution is 2.23. The Bertz CT molecular complexity index is 1020. The second-order valence-electron chi connectivity index (χ2n) is 5.60. The van der Waals surface area contributed by atoms with Crippen molar-refractivity contribution in [1.29, 1.82) is 0 Å². The summed E-state index contributed by atoms with van der Waals surface area (Å²) in [6.07, 6.45) is 0. The minimum atomic E-state index is -0.210. The zero-order chi connectivity index (χ0) is 18.0. The predicted molar refractivity (Wildman–Crippen MR) is 103 cm³/mol. The van der Waals surface area contributed by atoms with Crippen LogP contribution in [0.15, 0.2) is 52.4 Å². The summed E-state index contributed by atoms with van der Waals surface area (Å²) in [6, 6.07) is 12.6. The van der Waals surface area contributed by atoms with Gasteiger partial charge in [-0.2, -0.15) is 0 Å². The van der Waals surface area contributed by atoms with Crippen LogP contribution in [0.2, 0.25) is 5.02 Å². The topological polar surface area (TPSA) is 64.0 Å². The molecule has 0 saturated heterocycles. The standard InChI is InChI=1S/C18H16ClN3O2S/c1-11-7-8-15(13(19)9-11)20-16(23)10-25-18-21-14-6-4-3-5-12(14)17(24)22(18)2/h3-9H,10H2,1-2H3,(H,20,23). The van der Waals surface area contributed by atoms with Gasteiger partial charge in [0.2, 0.25) is 5.91 Å². The lowest BCUT2D eigenvalue weighted by Crippen LogP contribution is -2.21. The molecule has 0 unspecified atom stereocenters. The number of nitrogens with one attached hydrogen (secondary N) is 1. The van der Waals surface area contributed by atoms with E-state index in [2.05, 4.69) is 10.3 Å². The van der Waals surface area contributed by atoms with Gasteiger partial charge in [0.1, 0.15) is 0 Å². The van der Waals surface area contributed by atoms with Crippen molar-refractivity contribution in [3.8, 4) is 0 Å². The lowest BCUT2D eigenvalue weighted by atomic mass is 10.2. The summed E-state index contributed by atoms with van der Waals surface area (Å²) in [5.41, 5.74) is 2.08. The third-order valence-corrected chi connectivity index (χ3v) is 5.02. The molecule has 0 bridgehead atoms. The molecule has 1 aromatic heterocycles. The number of hydrogen-bond donors (Lipinski definition) is 1. The van der Waals surface area contributed by atoms with Gasteiger partial charge in [0.05, 0.1) is 27.4 Å². The smallest absolute Gasteiger partial charge is 0.261 e.